The van der Waals surface area contributed by atoms with Crippen LogP contribution in [0.4, 0.5) is 11.4 Å². The van der Waals surface area contributed by atoms with Crippen LogP contribution in [0.25, 0.3) is 0 Å². The van der Waals surface area contributed by atoms with Gasteiger partial charge in [0.1, 0.15) is 5.69 Å². The number of carbonyl (C=O) groups excluding carboxylic acids is 1. The van der Waals surface area contributed by atoms with Crippen LogP contribution >= 0.6 is 0 Å². The first-order chi connectivity index (χ1) is 11.5. The molecule has 1 aliphatic carbocycles. The van der Waals surface area contributed by atoms with Crippen LogP contribution in [0.3, 0.4) is 0 Å². The topological polar surface area (TPSA) is 88.4 Å². The molecule has 0 saturated heterocycles. The van der Waals surface area contributed by atoms with E-state index in [1.807, 2.05) is 12.1 Å². The van der Waals surface area contributed by atoms with Crippen molar-refractivity contribution in [2.24, 2.45) is 0 Å². The van der Waals surface area contributed by atoms with E-state index >= 15 is 0 Å². The summed E-state index contributed by atoms with van der Waals surface area (Å²) in [6, 6.07) is 8.55. The highest BCUT2D eigenvalue weighted by Gasteiger charge is 2.26. The van der Waals surface area contributed by atoms with Crippen molar-refractivity contribution in [3.8, 4) is 0 Å². The first-order valence-electron chi connectivity index (χ1n) is 7.74. The third-order valence-electron chi connectivity index (χ3n) is 3.89. The number of pyridine rings is 1. The molecule has 0 radical (unpaired) electrons. The molecule has 24 heavy (non-hydrogen) atoms. The number of amides is 1. The predicted molar refractivity (Wildman–Crippen MR) is 89.8 cm³/mol. The maximum atomic E-state index is 12.5. The number of anilines is 1. The van der Waals surface area contributed by atoms with Crippen LogP contribution in [0.2, 0.25) is 0 Å². The number of nitro groups is 1. The van der Waals surface area contributed by atoms with E-state index in [0.717, 1.165) is 18.4 Å². The van der Waals surface area contributed by atoms with Gasteiger partial charge in [-0.3, -0.25) is 19.9 Å². The lowest BCUT2D eigenvalue weighted by Crippen LogP contribution is -2.26. The first-order valence-corrected chi connectivity index (χ1v) is 7.74. The molecule has 1 amide bonds. The van der Waals surface area contributed by atoms with Crippen LogP contribution in [-0.2, 0) is 6.54 Å². The number of nitrogens with zero attached hydrogens (tertiary/aromatic N) is 3. The lowest BCUT2D eigenvalue weighted by atomic mass is 10.1. The first kappa shape index (κ1) is 15.9. The zero-order chi connectivity index (χ0) is 17.1. The minimum absolute atomic E-state index is 0.0648. The average molecular weight is 326 g/mol. The van der Waals surface area contributed by atoms with Gasteiger partial charge >= 0.3 is 0 Å². The fourth-order valence-corrected chi connectivity index (χ4v) is 2.44. The molecular formula is C17H18N4O3. The molecular weight excluding hydrogens is 308 g/mol. The molecule has 1 aromatic heterocycles. The Labute approximate surface area is 139 Å². The minimum atomic E-state index is -0.454. The molecule has 1 aliphatic rings. The summed E-state index contributed by atoms with van der Waals surface area (Å²) in [6.45, 7) is 0.414. The van der Waals surface area contributed by atoms with Crippen molar-refractivity contribution in [3.05, 3.63) is 64.0 Å². The summed E-state index contributed by atoms with van der Waals surface area (Å²) in [5, 5.41) is 14.4. The fourth-order valence-electron chi connectivity index (χ4n) is 2.44. The van der Waals surface area contributed by atoms with Gasteiger partial charge in [-0.05, 0) is 42.7 Å². The lowest BCUT2D eigenvalue weighted by Gasteiger charge is -2.17. The zero-order valence-corrected chi connectivity index (χ0v) is 13.3. The van der Waals surface area contributed by atoms with Crippen LogP contribution in [0.15, 0.2) is 42.7 Å². The molecule has 1 fully saturated rings. The van der Waals surface area contributed by atoms with Crippen LogP contribution in [0.1, 0.15) is 28.8 Å². The van der Waals surface area contributed by atoms with E-state index in [9.17, 15) is 14.9 Å². The van der Waals surface area contributed by atoms with Crippen molar-refractivity contribution >= 4 is 17.3 Å². The Bertz CT molecular complexity index is 760. The predicted octanol–water partition coefficient (Wildman–Crippen LogP) is 2.84. The highest BCUT2D eigenvalue weighted by Crippen LogP contribution is 2.31. The van der Waals surface area contributed by atoms with Crippen LogP contribution in [0, 0.1) is 10.1 Å². The SMILES string of the molecule is CN(Cc1ccncc1)C(=O)c1ccc(NC2CC2)c([N+](=O)[O-])c1. The maximum Gasteiger partial charge on any atom is 0.293 e. The van der Waals surface area contributed by atoms with Gasteiger partial charge in [-0.25, -0.2) is 0 Å². The van der Waals surface area contributed by atoms with Gasteiger partial charge in [0.15, 0.2) is 0 Å². The highest BCUT2D eigenvalue weighted by molar-refractivity contribution is 5.95. The average Bonchev–Trinajstić information content (AvgIpc) is 3.39. The van der Waals surface area contributed by atoms with Crippen molar-refractivity contribution in [2.75, 3.05) is 12.4 Å². The Balaban J connectivity index is 1.78. The number of hydrogen-bond donors (Lipinski definition) is 1. The Morgan fingerprint density at radius 2 is 2.04 bits per heavy atom. The number of hydrogen-bond acceptors (Lipinski definition) is 5. The summed E-state index contributed by atoms with van der Waals surface area (Å²) in [6.07, 6.45) is 5.37. The summed E-state index contributed by atoms with van der Waals surface area (Å²) in [7, 11) is 1.67. The monoisotopic (exact) mass is 326 g/mol. The molecule has 124 valence electrons. The van der Waals surface area contributed by atoms with Gasteiger partial charge < -0.3 is 10.2 Å². The molecule has 0 spiro atoms. The normalized spacial score (nSPS) is 13.4. The summed E-state index contributed by atoms with van der Waals surface area (Å²) in [4.78, 5) is 28.8. The Morgan fingerprint density at radius 3 is 2.67 bits per heavy atom. The molecule has 1 heterocycles. The van der Waals surface area contributed by atoms with E-state index in [4.69, 9.17) is 0 Å². The molecule has 0 atom stereocenters. The van der Waals surface area contributed by atoms with E-state index in [2.05, 4.69) is 10.3 Å². The Morgan fingerprint density at radius 1 is 1.33 bits per heavy atom. The third kappa shape index (κ3) is 3.68. The summed E-state index contributed by atoms with van der Waals surface area (Å²) in [5.41, 5.74) is 1.66. The summed E-state index contributed by atoms with van der Waals surface area (Å²) < 4.78 is 0. The number of rotatable bonds is 6. The van der Waals surface area contributed by atoms with Gasteiger partial charge in [0, 0.05) is 43.7 Å². The van der Waals surface area contributed by atoms with Gasteiger partial charge in [-0.15, -0.1) is 0 Å². The van der Waals surface area contributed by atoms with Gasteiger partial charge in [0.25, 0.3) is 11.6 Å². The molecule has 3 rings (SSSR count). The lowest BCUT2D eigenvalue weighted by molar-refractivity contribution is -0.384. The van der Waals surface area contributed by atoms with Crippen LogP contribution < -0.4 is 5.32 Å². The molecule has 0 unspecified atom stereocenters. The van der Waals surface area contributed by atoms with Gasteiger partial charge in [-0.2, -0.15) is 0 Å². The minimum Gasteiger partial charge on any atom is -0.377 e. The molecule has 1 N–H and O–H groups in total. The fraction of sp³-hybridized carbons (Fsp3) is 0.294. The van der Waals surface area contributed by atoms with Gasteiger partial charge in [0.2, 0.25) is 0 Å². The summed E-state index contributed by atoms with van der Waals surface area (Å²) in [5.74, 6) is -0.257. The van der Waals surface area contributed by atoms with Crippen LogP contribution in [0.5, 0.6) is 0 Å². The van der Waals surface area contributed by atoms with E-state index < -0.39 is 4.92 Å². The zero-order valence-electron chi connectivity index (χ0n) is 13.3. The molecule has 7 heteroatoms. The Hall–Kier alpha value is -2.96. The van der Waals surface area contributed by atoms with E-state index in [1.54, 1.807) is 31.6 Å². The maximum absolute atomic E-state index is 12.5. The Kier molecular flexibility index (Phi) is 4.41. The second-order valence-electron chi connectivity index (χ2n) is 5.92. The van der Waals surface area contributed by atoms with Gasteiger partial charge in [-0.1, -0.05) is 0 Å². The number of nitrogens with one attached hydrogen (secondary N) is 1. The van der Waals surface area contributed by atoms with Crippen LogP contribution in [-0.4, -0.2) is 33.8 Å². The molecule has 1 aromatic carbocycles. The second kappa shape index (κ2) is 6.66. The number of aromatic nitrogens is 1. The van der Waals surface area contributed by atoms with E-state index in [0.29, 0.717) is 23.8 Å². The van der Waals surface area contributed by atoms with E-state index in [-0.39, 0.29) is 11.6 Å². The quantitative estimate of drug-likeness (QED) is 0.651. The van der Waals surface area contributed by atoms with Crippen molar-refractivity contribution in [1.29, 1.82) is 0 Å². The molecule has 7 nitrogen and oxygen atoms in total. The largest absolute Gasteiger partial charge is 0.377 e. The van der Waals surface area contributed by atoms with Crippen molar-refractivity contribution in [2.45, 2.75) is 25.4 Å². The highest BCUT2D eigenvalue weighted by atomic mass is 16.6. The number of nitro benzene ring substituents is 1. The third-order valence-corrected chi connectivity index (χ3v) is 3.89. The van der Waals surface area contributed by atoms with E-state index in [1.165, 1.54) is 11.0 Å². The number of benzene rings is 1. The molecule has 0 bridgehead atoms. The van der Waals surface area contributed by atoms with Crippen molar-refractivity contribution in [1.82, 2.24) is 9.88 Å². The summed E-state index contributed by atoms with van der Waals surface area (Å²) >= 11 is 0. The molecule has 2 aromatic rings. The van der Waals surface area contributed by atoms with Gasteiger partial charge in [0.05, 0.1) is 4.92 Å². The van der Waals surface area contributed by atoms with Crippen molar-refractivity contribution in [3.63, 3.8) is 0 Å². The standard InChI is InChI=1S/C17H18N4O3/c1-20(11-12-6-8-18-9-7-12)17(22)13-2-5-15(19-14-3-4-14)16(10-13)21(23)24/h2,5-10,14,19H,3-4,11H2,1H3. The second-order valence-corrected chi connectivity index (χ2v) is 5.92. The molecule has 0 aliphatic heterocycles. The van der Waals surface area contributed by atoms with Crippen molar-refractivity contribution < 1.29 is 9.72 Å². The number of carbonyl (C=O) groups is 1. The molecule has 1 saturated carbocycles. The smallest absolute Gasteiger partial charge is 0.293 e.